The molecule has 134 valence electrons. The molecule has 0 bridgehead atoms. The summed E-state index contributed by atoms with van der Waals surface area (Å²) in [6.07, 6.45) is 3.26. The zero-order valence-corrected chi connectivity index (χ0v) is 16.1. The van der Waals surface area contributed by atoms with Crippen molar-refractivity contribution >= 4 is 27.9 Å². The third-order valence-corrected chi connectivity index (χ3v) is 6.77. The molecule has 25 heavy (non-hydrogen) atoms. The van der Waals surface area contributed by atoms with Gasteiger partial charge in [0.05, 0.1) is 6.10 Å². The summed E-state index contributed by atoms with van der Waals surface area (Å²) in [6, 6.07) is 5.54. The minimum atomic E-state index is -1.01. The van der Waals surface area contributed by atoms with Crippen molar-refractivity contribution < 1.29 is 14.7 Å². The first-order valence-corrected chi connectivity index (χ1v) is 9.73. The summed E-state index contributed by atoms with van der Waals surface area (Å²) in [5, 5.41) is 13.1. The molecule has 2 fully saturated rings. The Hall–Kier alpha value is -1.40. The summed E-state index contributed by atoms with van der Waals surface area (Å²) in [5.74, 6) is -0.138. The minimum absolute atomic E-state index is 0.138. The molecule has 0 radical (unpaired) electrons. The number of imide groups is 1. The number of nitrogens with one attached hydrogen (secondary N) is 1. The van der Waals surface area contributed by atoms with Crippen molar-refractivity contribution in [3.63, 3.8) is 0 Å². The molecule has 1 aliphatic heterocycles. The van der Waals surface area contributed by atoms with Crippen LogP contribution >= 0.6 is 15.9 Å². The Morgan fingerprint density at radius 3 is 2.56 bits per heavy atom. The Morgan fingerprint density at radius 1 is 1.28 bits per heavy atom. The number of hydrogen-bond acceptors (Lipinski definition) is 3. The van der Waals surface area contributed by atoms with E-state index in [0.717, 1.165) is 34.9 Å². The fourth-order valence-electron chi connectivity index (χ4n) is 5.10. The predicted molar refractivity (Wildman–Crippen MR) is 96.9 cm³/mol. The van der Waals surface area contributed by atoms with Crippen LogP contribution in [0.1, 0.15) is 50.7 Å². The Morgan fingerprint density at radius 2 is 1.96 bits per heavy atom. The maximum atomic E-state index is 13.6. The van der Waals surface area contributed by atoms with E-state index in [1.54, 1.807) is 0 Å². The summed E-state index contributed by atoms with van der Waals surface area (Å²) in [5.41, 5.74) is 0.679. The van der Waals surface area contributed by atoms with E-state index in [1.807, 2.05) is 26.0 Å². The average molecular weight is 407 g/mol. The van der Waals surface area contributed by atoms with Crippen LogP contribution in [0.3, 0.4) is 0 Å². The van der Waals surface area contributed by atoms with Crippen LogP contribution in [0, 0.1) is 5.41 Å². The monoisotopic (exact) mass is 406 g/mol. The number of halogens is 1. The fourth-order valence-corrected chi connectivity index (χ4v) is 5.46. The van der Waals surface area contributed by atoms with E-state index in [1.165, 1.54) is 4.90 Å². The number of carbonyl (C=O) groups is 2. The number of rotatable bonds is 1. The van der Waals surface area contributed by atoms with Gasteiger partial charge in [0.15, 0.2) is 5.54 Å². The van der Waals surface area contributed by atoms with E-state index < -0.39 is 5.54 Å². The van der Waals surface area contributed by atoms with Crippen molar-refractivity contribution in [3.8, 4) is 0 Å². The minimum Gasteiger partial charge on any atom is -0.393 e. The third kappa shape index (κ3) is 2.16. The first-order chi connectivity index (χ1) is 11.8. The van der Waals surface area contributed by atoms with Crippen molar-refractivity contribution in [2.45, 2.75) is 63.6 Å². The lowest BCUT2D eigenvalue weighted by atomic mass is 9.61. The van der Waals surface area contributed by atoms with Gasteiger partial charge in [-0.15, -0.1) is 0 Å². The Kier molecular flexibility index (Phi) is 3.78. The highest BCUT2D eigenvalue weighted by Crippen LogP contribution is 2.60. The maximum Gasteiger partial charge on any atom is 0.325 e. The fraction of sp³-hybridized carbons (Fsp3) is 0.579. The Labute approximate surface area is 155 Å². The van der Waals surface area contributed by atoms with Crippen molar-refractivity contribution in [3.05, 3.63) is 33.8 Å². The van der Waals surface area contributed by atoms with Gasteiger partial charge in [0.1, 0.15) is 0 Å². The van der Waals surface area contributed by atoms with Gasteiger partial charge in [-0.1, -0.05) is 22.0 Å². The zero-order valence-electron chi connectivity index (χ0n) is 14.5. The molecule has 1 unspecified atom stereocenters. The Bertz CT molecular complexity index is 755. The molecule has 6 heteroatoms. The van der Waals surface area contributed by atoms with Gasteiger partial charge >= 0.3 is 6.03 Å². The molecule has 4 rings (SSSR count). The van der Waals surface area contributed by atoms with Gasteiger partial charge in [0, 0.05) is 15.9 Å². The summed E-state index contributed by atoms with van der Waals surface area (Å²) >= 11 is 3.52. The van der Waals surface area contributed by atoms with Gasteiger partial charge < -0.3 is 10.4 Å². The van der Waals surface area contributed by atoms with Crippen LogP contribution in [-0.2, 0) is 16.8 Å². The summed E-state index contributed by atoms with van der Waals surface area (Å²) < 4.78 is 0.906. The van der Waals surface area contributed by atoms with Crippen LogP contribution in [0.15, 0.2) is 22.7 Å². The molecule has 5 nitrogen and oxygen atoms in total. The molecular formula is C19H23BrN2O3. The predicted octanol–water partition coefficient (Wildman–Crippen LogP) is 3.08. The van der Waals surface area contributed by atoms with Gasteiger partial charge in [-0.05, 0) is 69.2 Å². The SMILES string of the molecule is CC(C)N1C(=O)NC2(C1=O)c1cc(Br)ccc1CC21CCC(O)CC1. The van der Waals surface area contributed by atoms with Crippen LogP contribution in [0.2, 0.25) is 0 Å². The number of fused-ring (bicyclic) bond motifs is 3. The van der Waals surface area contributed by atoms with E-state index >= 15 is 0 Å². The van der Waals surface area contributed by atoms with E-state index in [-0.39, 0.29) is 29.5 Å². The van der Waals surface area contributed by atoms with Gasteiger partial charge in [-0.3, -0.25) is 9.69 Å². The molecule has 3 amide bonds. The number of carbonyl (C=O) groups excluding carboxylic acids is 2. The van der Waals surface area contributed by atoms with Crippen LogP contribution < -0.4 is 5.32 Å². The lowest BCUT2D eigenvalue weighted by Crippen LogP contribution is -2.57. The van der Waals surface area contributed by atoms with Crippen molar-refractivity contribution in [2.24, 2.45) is 5.41 Å². The molecule has 1 saturated carbocycles. The van der Waals surface area contributed by atoms with E-state index in [2.05, 4.69) is 27.3 Å². The molecule has 3 aliphatic rings. The molecule has 1 aromatic carbocycles. The lowest BCUT2D eigenvalue weighted by molar-refractivity contribution is -0.139. The zero-order chi connectivity index (χ0) is 18.0. The standard InChI is InChI=1S/C19H23BrN2O3/c1-11(2)22-16(24)19(21-17(22)25)15-9-13(20)4-3-12(15)10-18(19)7-5-14(23)6-8-18/h3-4,9,11,14,23H,5-8,10H2,1-2H3,(H,21,25). The van der Waals surface area contributed by atoms with Crippen molar-refractivity contribution in [1.82, 2.24) is 10.2 Å². The summed E-state index contributed by atoms with van der Waals surface area (Å²) in [7, 11) is 0. The summed E-state index contributed by atoms with van der Waals surface area (Å²) in [4.78, 5) is 27.6. The number of aliphatic hydroxyl groups is 1. The highest BCUT2D eigenvalue weighted by Gasteiger charge is 2.68. The highest BCUT2D eigenvalue weighted by atomic mass is 79.9. The largest absolute Gasteiger partial charge is 0.393 e. The number of hydrogen-bond donors (Lipinski definition) is 2. The number of benzene rings is 1. The smallest absolute Gasteiger partial charge is 0.325 e. The second-order valence-electron chi connectivity index (χ2n) is 7.94. The number of urea groups is 1. The number of aliphatic hydroxyl groups excluding tert-OH is 1. The molecule has 2 spiro atoms. The molecule has 2 aliphatic carbocycles. The number of nitrogens with zero attached hydrogens (tertiary/aromatic N) is 1. The van der Waals surface area contributed by atoms with E-state index in [4.69, 9.17) is 0 Å². The second-order valence-corrected chi connectivity index (χ2v) is 8.85. The van der Waals surface area contributed by atoms with Crippen molar-refractivity contribution in [1.29, 1.82) is 0 Å². The lowest BCUT2D eigenvalue weighted by Gasteiger charge is -2.46. The first kappa shape index (κ1) is 17.0. The van der Waals surface area contributed by atoms with Gasteiger partial charge in [-0.2, -0.15) is 0 Å². The normalized spacial score (nSPS) is 34.3. The quantitative estimate of drug-likeness (QED) is 0.703. The van der Waals surface area contributed by atoms with Crippen LogP contribution in [0.4, 0.5) is 4.79 Å². The van der Waals surface area contributed by atoms with E-state index in [9.17, 15) is 14.7 Å². The Balaban J connectivity index is 1.91. The molecule has 1 saturated heterocycles. The van der Waals surface area contributed by atoms with Crippen LogP contribution in [-0.4, -0.2) is 34.1 Å². The van der Waals surface area contributed by atoms with Crippen LogP contribution in [0.5, 0.6) is 0 Å². The van der Waals surface area contributed by atoms with Gasteiger partial charge in [0.25, 0.3) is 5.91 Å². The average Bonchev–Trinajstić information content (AvgIpc) is 2.97. The number of amides is 3. The molecule has 1 atom stereocenters. The molecule has 1 heterocycles. The topological polar surface area (TPSA) is 69.6 Å². The molecule has 0 aromatic heterocycles. The first-order valence-electron chi connectivity index (χ1n) is 8.93. The van der Waals surface area contributed by atoms with E-state index in [0.29, 0.717) is 12.8 Å². The summed E-state index contributed by atoms with van der Waals surface area (Å²) in [6.45, 7) is 3.73. The third-order valence-electron chi connectivity index (χ3n) is 6.28. The van der Waals surface area contributed by atoms with Crippen molar-refractivity contribution in [2.75, 3.05) is 0 Å². The van der Waals surface area contributed by atoms with Gasteiger partial charge in [0.2, 0.25) is 0 Å². The highest BCUT2D eigenvalue weighted by molar-refractivity contribution is 9.10. The maximum absolute atomic E-state index is 13.6. The molecule has 1 aromatic rings. The second kappa shape index (κ2) is 5.55. The van der Waals surface area contributed by atoms with Gasteiger partial charge in [-0.25, -0.2) is 4.79 Å². The molecule has 2 N–H and O–H groups in total. The van der Waals surface area contributed by atoms with Crippen LogP contribution in [0.25, 0.3) is 0 Å². The molecular weight excluding hydrogens is 384 g/mol.